The average Bonchev–Trinajstić information content (AvgIpc) is 2.85. The van der Waals surface area contributed by atoms with Crippen LogP contribution in [0.2, 0.25) is 0 Å². The lowest BCUT2D eigenvalue weighted by Gasteiger charge is -2.32. The number of hydrogen-bond donors (Lipinski definition) is 2. The van der Waals surface area contributed by atoms with E-state index in [4.69, 9.17) is 14.4 Å². The Labute approximate surface area is 132 Å². The highest BCUT2D eigenvalue weighted by Crippen LogP contribution is 2.36. The van der Waals surface area contributed by atoms with Gasteiger partial charge in [0, 0.05) is 0 Å². The first kappa shape index (κ1) is 15.3. The topological polar surface area (TPSA) is 80.7 Å². The molecule has 0 aliphatic carbocycles. The van der Waals surface area contributed by atoms with E-state index in [9.17, 15) is 4.79 Å². The molecule has 116 valence electrons. The highest BCUT2D eigenvalue weighted by Gasteiger charge is 2.51. The zero-order valence-electron chi connectivity index (χ0n) is 12.8. The first-order valence-electron chi connectivity index (χ1n) is 6.94. The zero-order valence-corrected chi connectivity index (χ0v) is 13.7. The molecule has 22 heavy (non-hydrogen) atoms. The lowest BCUT2D eigenvalue weighted by Crippen LogP contribution is -2.41. The number of rotatable bonds is 2. The molecule has 1 saturated heterocycles. The second-order valence-corrected chi connectivity index (χ2v) is 7.30. The molecule has 6 nitrogen and oxygen atoms in total. The summed E-state index contributed by atoms with van der Waals surface area (Å²) in [5.74, 6) is 0. The lowest BCUT2D eigenvalue weighted by atomic mass is 9.79. The average molecular weight is 320 g/mol. The third kappa shape index (κ3) is 2.58. The maximum atomic E-state index is 10.7. The molecule has 3 rings (SSSR count). The van der Waals surface area contributed by atoms with Crippen LogP contribution in [0.5, 0.6) is 0 Å². The number of fused-ring (bicyclic) bond motifs is 1. The van der Waals surface area contributed by atoms with Crippen LogP contribution >= 0.6 is 11.3 Å². The largest absolute Gasteiger partial charge is 0.494 e. The van der Waals surface area contributed by atoms with Crippen LogP contribution in [0, 0.1) is 0 Å². The SMILES string of the molecule is CC1(C)OB(c2ccc3nc(NC(=O)O)sc3c2)OC1(C)C. The Morgan fingerprint density at radius 1 is 1.27 bits per heavy atom. The van der Waals surface area contributed by atoms with Gasteiger partial charge in [0.2, 0.25) is 0 Å². The quantitative estimate of drug-likeness (QED) is 0.832. The molecule has 1 fully saturated rings. The Morgan fingerprint density at radius 3 is 2.50 bits per heavy atom. The summed E-state index contributed by atoms with van der Waals surface area (Å²) in [6.07, 6.45) is -1.12. The van der Waals surface area contributed by atoms with E-state index in [1.807, 2.05) is 45.9 Å². The molecular weight excluding hydrogens is 303 g/mol. The van der Waals surface area contributed by atoms with Crippen molar-refractivity contribution in [3.05, 3.63) is 18.2 Å². The first-order chi connectivity index (χ1) is 10.2. The molecule has 8 heteroatoms. The van der Waals surface area contributed by atoms with Crippen molar-refractivity contribution in [2.45, 2.75) is 38.9 Å². The van der Waals surface area contributed by atoms with Crippen LogP contribution in [0.15, 0.2) is 18.2 Å². The molecule has 0 saturated carbocycles. The molecule has 2 N–H and O–H groups in total. The first-order valence-corrected chi connectivity index (χ1v) is 7.76. The maximum Gasteiger partial charge on any atom is 0.494 e. The van der Waals surface area contributed by atoms with Gasteiger partial charge in [-0.3, -0.25) is 5.32 Å². The minimum absolute atomic E-state index is 0.355. The van der Waals surface area contributed by atoms with Crippen molar-refractivity contribution in [1.82, 2.24) is 4.98 Å². The van der Waals surface area contributed by atoms with Gasteiger partial charge in [-0.2, -0.15) is 0 Å². The number of carbonyl (C=O) groups is 1. The summed E-state index contributed by atoms with van der Waals surface area (Å²) < 4.78 is 12.9. The number of nitrogens with zero attached hydrogens (tertiary/aromatic N) is 1. The van der Waals surface area contributed by atoms with Crippen LogP contribution in [0.4, 0.5) is 9.93 Å². The molecule has 1 amide bonds. The van der Waals surface area contributed by atoms with Crippen LogP contribution in [0.1, 0.15) is 27.7 Å². The summed E-state index contributed by atoms with van der Waals surface area (Å²) in [4.78, 5) is 14.9. The van der Waals surface area contributed by atoms with Gasteiger partial charge in [-0.15, -0.1) is 0 Å². The van der Waals surface area contributed by atoms with E-state index in [2.05, 4.69) is 10.3 Å². The van der Waals surface area contributed by atoms with Crippen molar-refractivity contribution in [2.24, 2.45) is 0 Å². The van der Waals surface area contributed by atoms with Gasteiger partial charge in [0.1, 0.15) is 0 Å². The number of benzene rings is 1. The van der Waals surface area contributed by atoms with E-state index in [0.717, 1.165) is 15.7 Å². The minimum atomic E-state index is -1.12. The Morgan fingerprint density at radius 2 is 1.91 bits per heavy atom. The van der Waals surface area contributed by atoms with Crippen molar-refractivity contribution < 1.29 is 19.2 Å². The van der Waals surface area contributed by atoms with Crippen molar-refractivity contribution in [3.8, 4) is 0 Å². The van der Waals surface area contributed by atoms with Crippen molar-refractivity contribution in [2.75, 3.05) is 5.32 Å². The normalized spacial score (nSPS) is 19.5. The van der Waals surface area contributed by atoms with E-state index in [0.29, 0.717) is 5.13 Å². The molecule has 0 radical (unpaired) electrons. The Kier molecular flexibility index (Phi) is 3.43. The van der Waals surface area contributed by atoms with Gasteiger partial charge in [-0.05, 0) is 45.3 Å². The van der Waals surface area contributed by atoms with E-state index < -0.39 is 24.4 Å². The van der Waals surface area contributed by atoms with Gasteiger partial charge in [0.25, 0.3) is 0 Å². The fourth-order valence-corrected chi connectivity index (χ4v) is 3.12. The molecule has 1 aliphatic heterocycles. The van der Waals surface area contributed by atoms with E-state index >= 15 is 0 Å². The zero-order chi connectivity index (χ0) is 16.1. The molecule has 2 aromatic rings. The summed E-state index contributed by atoms with van der Waals surface area (Å²) in [6.45, 7) is 8.03. The molecule has 0 bridgehead atoms. The standard InChI is InChI=1S/C14H17BN2O4S/c1-13(2)14(3,4)21-15(20-13)8-5-6-9-10(7-8)22-11(16-9)17-12(18)19/h5-7H,1-4H3,(H,16,17)(H,18,19). The molecule has 2 heterocycles. The fraction of sp³-hybridized carbons (Fsp3) is 0.429. The summed E-state index contributed by atoms with van der Waals surface area (Å²) in [5, 5.41) is 11.4. The molecule has 1 aromatic heterocycles. The molecule has 0 spiro atoms. The molecule has 0 atom stereocenters. The third-order valence-corrected chi connectivity index (χ3v) is 5.09. The number of anilines is 1. The highest BCUT2D eigenvalue weighted by atomic mass is 32.1. The molecule has 0 unspecified atom stereocenters. The Balaban J connectivity index is 1.91. The number of thiazole rings is 1. The van der Waals surface area contributed by atoms with Crippen LogP contribution < -0.4 is 10.8 Å². The number of aromatic nitrogens is 1. The molecule has 1 aliphatic rings. The van der Waals surface area contributed by atoms with Gasteiger partial charge in [0.05, 0.1) is 21.4 Å². The van der Waals surface area contributed by atoms with Crippen molar-refractivity contribution >= 4 is 45.4 Å². The second-order valence-electron chi connectivity index (χ2n) is 6.26. The van der Waals surface area contributed by atoms with Gasteiger partial charge >= 0.3 is 13.2 Å². The van der Waals surface area contributed by atoms with Gasteiger partial charge in [0.15, 0.2) is 5.13 Å². The molecular formula is C14H17BN2O4S. The van der Waals surface area contributed by atoms with Crippen LogP contribution in [-0.4, -0.2) is 34.5 Å². The Bertz CT molecular complexity index is 728. The minimum Gasteiger partial charge on any atom is -0.465 e. The van der Waals surface area contributed by atoms with Crippen LogP contribution in [0.3, 0.4) is 0 Å². The number of hydrogen-bond acceptors (Lipinski definition) is 5. The second kappa shape index (κ2) is 4.94. The number of amides is 1. The highest BCUT2D eigenvalue weighted by molar-refractivity contribution is 7.22. The predicted molar refractivity (Wildman–Crippen MR) is 87.0 cm³/mol. The van der Waals surface area contributed by atoms with Gasteiger partial charge < -0.3 is 14.4 Å². The maximum absolute atomic E-state index is 10.7. The van der Waals surface area contributed by atoms with Gasteiger partial charge in [-0.1, -0.05) is 17.4 Å². The van der Waals surface area contributed by atoms with Crippen molar-refractivity contribution in [1.29, 1.82) is 0 Å². The van der Waals surface area contributed by atoms with E-state index in [-0.39, 0.29) is 0 Å². The molecule has 1 aromatic carbocycles. The summed E-state index contributed by atoms with van der Waals surface area (Å²) in [6, 6.07) is 5.68. The number of carboxylic acid groups (broad SMARTS) is 1. The Hall–Kier alpha value is -1.64. The summed E-state index contributed by atoms with van der Waals surface area (Å²) in [5.41, 5.74) is 0.859. The predicted octanol–water partition coefficient (Wildman–Crippen LogP) is 2.69. The van der Waals surface area contributed by atoms with E-state index in [1.165, 1.54) is 11.3 Å². The fourth-order valence-electron chi connectivity index (χ4n) is 2.21. The lowest BCUT2D eigenvalue weighted by molar-refractivity contribution is 0.00578. The summed E-state index contributed by atoms with van der Waals surface area (Å²) >= 11 is 1.28. The number of nitrogens with one attached hydrogen (secondary N) is 1. The van der Waals surface area contributed by atoms with Crippen molar-refractivity contribution in [3.63, 3.8) is 0 Å². The summed E-state index contributed by atoms with van der Waals surface area (Å²) in [7, 11) is -0.438. The smallest absolute Gasteiger partial charge is 0.465 e. The monoisotopic (exact) mass is 320 g/mol. The van der Waals surface area contributed by atoms with E-state index in [1.54, 1.807) is 0 Å². The third-order valence-electron chi connectivity index (χ3n) is 4.15. The van der Waals surface area contributed by atoms with Gasteiger partial charge in [-0.25, -0.2) is 9.78 Å². The van der Waals surface area contributed by atoms with Crippen LogP contribution in [0.25, 0.3) is 10.2 Å². The van der Waals surface area contributed by atoms with Crippen LogP contribution in [-0.2, 0) is 9.31 Å².